The van der Waals surface area contributed by atoms with Gasteiger partial charge in [-0.2, -0.15) is 5.10 Å². The fourth-order valence-corrected chi connectivity index (χ4v) is 0.873. The summed E-state index contributed by atoms with van der Waals surface area (Å²) >= 11 is 0. The summed E-state index contributed by atoms with van der Waals surface area (Å²) < 4.78 is 1.34. The van der Waals surface area contributed by atoms with Gasteiger partial charge in [-0.25, -0.2) is 4.79 Å². The zero-order valence-corrected chi connectivity index (χ0v) is 6.11. The van der Waals surface area contributed by atoms with E-state index in [0.29, 0.717) is 6.54 Å². The van der Waals surface area contributed by atoms with E-state index < -0.39 is 5.97 Å². The Kier molecular flexibility index (Phi) is 1.80. The van der Waals surface area contributed by atoms with Crippen molar-refractivity contribution < 1.29 is 9.90 Å². The van der Waals surface area contributed by atoms with Crippen LogP contribution < -0.4 is 5.73 Å². The average Bonchev–Trinajstić information content (AvgIpc) is 2.30. The van der Waals surface area contributed by atoms with E-state index in [1.54, 1.807) is 6.92 Å². The van der Waals surface area contributed by atoms with Gasteiger partial charge in [0.05, 0.1) is 11.9 Å². The smallest absolute Gasteiger partial charge is 0.356 e. The lowest BCUT2D eigenvalue weighted by Crippen LogP contribution is -2.10. The Hall–Kier alpha value is -1.52. The third-order valence-electron chi connectivity index (χ3n) is 1.37. The maximum atomic E-state index is 10.5. The molecule has 11 heavy (non-hydrogen) atoms. The Morgan fingerprint density at radius 2 is 2.55 bits per heavy atom. The van der Waals surface area contributed by atoms with E-state index >= 15 is 0 Å². The fourth-order valence-electron chi connectivity index (χ4n) is 0.873. The lowest BCUT2D eigenvalue weighted by molar-refractivity contribution is 0.0684. The van der Waals surface area contributed by atoms with Crippen molar-refractivity contribution in [3.05, 3.63) is 11.9 Å². The highest BCUT2D eigenvalue weighted by Gasteiger charge is 2.13. The topological polar surface area (TPSA) is 81.1 Å². The number of aromatic nitrogens is 2. The largest absolute Gasteiger partial charge is 0.476 e. The number of carboxylic acid groups (broad SMARTS) is 1. The lowest BCUT2D eigenvalue weighted by Gasteiger charge is -1.98. The van der Waals surface area contributed by atoms with E-state index in [9.17, 15) is 4.79 Å². The molecule has 0 atom stereocenters. The molecule has 1 rings (SSSR count). The van der Waals surface area contributed by atoms with Crippen LogP contribution in [-0.4, -0.2) is 20.9 Å². The molecular weight excluding hydrogens is 146 g/mol. The molecule has 5 nitrogen and oxygen atoms in total. The molecule has 0 saturated carbocycles. The molecule has 0 aliphatic heterocycles. The van der Waals surface area contributed by atoms with Crippen LogP contribution in [0.15, 0.2) is 6.20 Å². The Balaban J connectivity index is 3.17. The van der Waals surface area contributed by atoms with Gasteiger partial charge in [0.1, 0.15) is 0 Å². The minimum atomic E-state index is -1.04. The van der Waals surface area contributed by atoms with Crippen molar-refractivity contribution in [1.82, 2.24) is 9.78 Å². The van der Waals surface area contributed by atoms with Crippen LogP contribution in [-0.2, 0) is 6.54 Å². The molecule has 0 fully saturated rings. The van der Waals surface area contributed by atoms with Gasteiger partial charge in [-0.15, -0.1) is 0 Å². The summed E-state index contributed by atoms with van der Waals surface area (Å²) in [6, 6.07) is 0. The van der Waals surface area contributed by atoms with Crippen molar-refractivity contribution in [3.8, 4) is 0 Å². The second kappa shape index (κ2) is 2.61. The van der Waals surface area contributed by atoms with Gasteiger partial charge in [-0.05, 0) is 6.92 Å². The first-order chi connectivity index (χ1) is 5.16. The fraction of sp³-hybridized carbons (Fsp3) is 0.333. The summed E-state index contributed by atoms with van der Waals surface area (Å²) in [6.45, 7) is 2.32. The number of nitrogen functional groups attached to an aromatic ring is 1. The summed E-state index contributed by atoms with van der Waals surface area (Å²) in [5.74, 6) is -1.04. The molecule has 0 aliphatic rings. The number of carbonyl (C=O) groups is 1. The minimum Gasteiger partial charge on any atom is -0.476 e. The summed E-state index contributed by atoms with van der Waals surface area (Å²) in [6.07, 6.45) is 1.34. The maximum Gasteiger partial charge on any atom is 0.356 e. The minimum absolute atomic E-state index is 0.0625. The highest BCUT2D eigenvalue weighted by atomic mass is 16.4. The molecule has 0 saturated heterocycles. The molecule has 0 radical (unpaired) electrons. The predicted octanol–water partition coefficient (Wildman–Crippen LogP) is 0.183. The van der Waals surface area contributed by atoms with Gasteiger partial charge in [0, 0.05) is 6.54 Å². The van der Waals surface area contributed by atoms with Crippen molar-refractivity contribution >= 4 is 11.7 Å². The normalized spacial score (nSPS) is 9.91. The molecule has 1 aromatic rings. The van der Waals surface area contributed by atoms with Gasteiger partial charge in [-0.3, -0.25) is 4.68 Å². The Labute approximate surface area is 63.4 Å². The zero-order chi connectivity index (χ0) is 8.43. The number of nitrogens with zero attached hydrogens (tertiary/aromatic N) is 2. The first kappa shape index (κ1) is 7.59. The summed E-state index contributed by atoms with van der Waals surface area (Å²) in [7, 11) is 0. The molecule has 0 aromatic carbocycles. The summed E-state index contributed by atoms with van der Waals surface area (Å²) in [5.41, 5.74) is 5.62. The monoisotopic (exact) mass is 155 g/mol. The van der Waals surface area contributed by atoms with Crippen LogP contribution in [0.5, 0.6) is 0 Å². The number of hydrogen-bond acceptors (Lipinski definition) is 3. The standard InChI is InChI=1S/C6H9N3O2/c1-2-9-5(6(10)11)4(7)3-8-9/h3H,2,7H2,1H3,(H,10,11). The van der Waals surface area contributed by atoms with Gasteiger partial charge in [0.15, 0.2) is 5.69 Å². The van der Waals surface area contributed by atoms with Crippen molar-refractivity contribution in [2.45, 2.75) is 13.5 Å². The molecule has 1 aromatic heterocycles. The number of aryl methyl sites for hydroxylation is 1. The lowest BCUT2D eigenvalue weighted by atomic mass is 10.4. The number of anilines is 1. The highest BCUT2D eigenvalue weighted by Crippen LogP contribution is 2.09. The van der Waals surface area contributed by atoms with Gasteiger partial charge in [0.25, 0.3) is 0 Å². The van der Waals surface area contributed by atoms with E-state index in [-0.39, 0.29) is 11.4 Å². The maximum absolute atomic E-state index is 10.5. The van der Waals surface area contributed by atoms with Crippen LogP contribution in [0, 0.1) is 0 Å². The quantitative estimate of drug-likeness (QED) is 0.638. The first-order valence-corrected chi connectivity index (χ1v) is 3.21. The number of aromatic carboxylic acids is 1. The van der Waals surface area contributed by atoms with E-state index in [1.165, 1.54) is 10.9 Å². The summed E-state index contributed by atoms with van der Waals surface area (Å²) in [4.78, 5) is 10.5. The molecule has 5 heteroatoms. The number of hydrogen-bond donors (Lipinski definition) is 2. The second-order valence-corrected chi connectivity index (χ2v) is 2.07. The molecule has 0 aliphatic carbocycles. The van der Waals surface area contributed by atoms with Gasteiger partial charge in [0.2, 0.25) is 0 Å². The Morgan fingerprint density at radius 3 is 2.91 bits per heavy atom. The Bertz CT molecular complexity index is 279. The van der Waals surface area contributed by atoms with Crippen LogP contribution >= 0.6 is 0 Å². The molecule has 0 spiro atoms. The Morgan fingerprint density at radius 1 is 1.91 bits per heavy atom. The average molecular weight is 155 g/mol. The van der Waals surface area contributed by atoms with E-state index in [4.69, 9.17) is 10.8 Å². The first-order valence-electron chi connectivity index (χ1n) is 3.21. The second-order valence-electron chi connectivity index (χ2n) is 2.07. The van der Waals surface area contributed by atoms with E-state index in [0.717, 1.165) is 0 Å². The third kappa shape index (κ3) is 1.17. The van der Waals surface area contributed by atoms with Gasteiger partial charge < -0.3 is 10.8 Å². The molecule has 60 valence electrons. The van der Waals surface area contributed by atoms with Gasteiger partial charge in [-0.1, -0.05) is 0 Å². The van der Waals surface area contributed by atoms with Crippen LogP contribution in [0.2, 0.25) is 0 Å². The molecule has 3 N–H and O–H groups in total. The molecule has 0 unspecified atom stereocenters. The van der Waals surface area contributed by atoms with E-state index in [2.05, 4.69) is 5.10 Å². The zero-order valence-electron chi connectivity index (χ0n) is 6.11. The number of nitrogens with two attached hydrogens (primary N) is 1. The predicted molar refractivity (Wildman–Crippen MR) is 39.3 cm³/mol. The molecule has 0 amide bonds. The number of carboxylic acids is 1. The van der Waals surface area contributed by atoms with Crippen molar-refractivity contribution in [2.75, 3.05) is 5.73 Å². The third-order valence-corrected chi connectivity index (χ3v) is 1.37. The molecule has 0 bridgehead atoms. The van der Waals surface area contributed by atoms with Crippen molar-refractivity contribution in [1.29, 1.82) is 0 Å². The van der Waals surface area contributed by atoms with E-state index in [1.807, 2.05) is 0 Å². The van der Waals surface area contributed by atoms with Crippen LogP contribution in [0.25, 0.3) is 0 Å². The molecule has 1 heterocycles. The van der Waals surface area contributed by atoms with Crippen LogP contribution in [0.4, 0.5) is 5.69 Å². The van der Waals surface area contributed by atoms with Crippen molar-refractivity contribution in [2.24, 2.45) is 0 Å². The van der Waals surface area contributed by atoms with Crippen molar-refractivity contribution in [3.63, 3.8) is 0 Å². The highest BCUT2D eigenvalue weighted by molar-refractivity contribution is 5.91. The van der Waals surface area contributed by atoms with Crippen LogP contribution in [0.1, 0.15) is 17.4 Å². The number of rotatable bonds is 2. The summed E-state index contributed by atoms with van der Waals surface area (Å²) in [5, 5.41) is 12.4. The van der Waals surface area contributed by atoms with Gasteiger partial charge >= 0.3 is 5.97 Å². The van der Waals surface area contributed by atoms with Crippen LogP contribution in [0.3, 0.4) is 0 Å². The SMILES string of the molecule is CCn1ncc(N)c1C(=O)O. The molecular formula is C6H9N3O2.